The molecule has 0 aliphatic carbocycles. The van der Waals surface area contributed by atoms with Gasteiger partial charge in [-0.05, 0) is 0 Å². The molecule has 0 aromatic rings. The maximum atomic E-state index is 9.18. The topological polar surface area (TPSA) is 80.3 Å². The number of carbonyl (C=O) groups excluding carboxylic acids is 2. The van der Waals surface area contributed by atoms with Crippen LogP contribution >= 0.6 is 25.3 Å². The van der Waals surface area contributed by atoms with Gasteiger partial charge in [-0.15, -0.1) is 0 Å². The molecular formula is C4H6O4S2Sn. The summed E-state index contributed by atoms with van der Waals surface area (Å²) in [4.78, 5) is 18.4. The van der Waals surface area contributed by atoms with Crippen LogP contribution in [0.1, 0.15) is 0 Å². The van der Waals surface area contributed by atoms with Gasteiger partial charge in [-0.3, -0.25) is 0 Å². The third-order valence-corrected chi connectivity index (χ3v) is 0.775. The van der Waals surface area contributed by atoms with Crippen LogP contribution in [-0.4, -0.2) is 47.4 Å². The van der Waals surface area contributed by atoms with Gasteiger partial charge in [-0.1, -0.05) is 0 Å². The average molecular weight is 301 g/mol. The summed E-state index contributed by atoms with van der Waals surface area (Å²) in [6.07, 6.45) is 0. The fourth-order valence-corrected chi connectivity index (χ4v) is 0. The van der Waals surface area contributed by atoms with E-state index in [9.17, 15) is 19.8 Å². The van der Waals surface area contributed by atoms with Crippen molar-refractivity contribution in [2.45, 2.75) is 0 Å². The molecule has 0 atom stereocenters. The van der Waals surface area contributed by atoms with E-state index in [-0.39, 0.29) is 35.4 Å². The molecule has 0 N–H and O–H groups in total. The van der Waals surface area contributed by atoms with Gasteiger partial charge in [0.05, 0.1) is 11.9 Å². The van der Waals surface area contributed by atoms with Crippen LogP contribution in [0.25, 0.3) is 0 Å². The molecule has 0 fully saturated rings. The molecule has 2 radical (unpaired) electrons. The van der Waals surface area contributed by atoms with Gasteiger partial charge >= 0.3 is 23.9 Å². The predicted octanol–water partition coefficient (Wildman–Crippen LogP) is -3.05. The molecular weight excluding hydrogens is 295 g/mol. The number of carboxylic acids is 2. The van der Waals surface area contributed by atoms with Gasteiger partial charge in [0.15, 0.2) is 0 Å². The van der Waals surface area contributed by atoms with Crippen molar-refractivity contribution >= 4 is 61.1 Å². The van der Waals surface area contributed by atoms with E-state index in [4.69, 9.17) is 0 Å². The van der Waals surface area contributed by atoms with Crippen molar-refractivity contribution in [3.8, 4) is 0 Å². The van der Waals surface area contributed by atoms with Crippen LogP contribution in [0.4, 0.5) is 0 Å². The van der Waals surface area contributed by atoms with Crippen LogP contribution in [0.2, 0.25) is 0 Å². The maximum Gasteiger partial charge on any atom is 2.00 e. The second-order valence-electron chi connectivity index (χ2n) is 1.06. The molecule has 0 saturated heterocycles. The van der Waals surface area contributed by atoms with E-state index in [0.29, 0.717) is 0 Å². The van der Waals surface area contributed by atoms with E-state index in [0.717, 1.165) is 0 Å². The molecule has 0 aliphatic rings. The molecule has 0 unspecified atom stereocenters. The minimum Gasteiger partial charge on any atom is -0.549 e. The molecule has 0 amide bonds. The van der Waals surface area contributed by atoms with Crippen molar-refractivity contribution in [2.24, 2.45) is 0 Å². The van der Waals surface area contributed by atoms with Crippen LogP contribution in [-0.2, 0) is 9.59 Å². The zero-order valence-electron chi connectivity index (χ0n) is 5.44. The first kappa shape index (κ1) is 17.5. The smallest absolute Gasteiger partial charge is 0.549 e. The molecule has 0 bridgehead atoms. The van der Waals surface area contributed by atoms with Crippen molar-refractivity contribution in [2.75, 3.05) is 11.5 Å². The predicted molar refractivity (Wildman–Crippen MR) is 43.5 cm³/mol. The van der Waals surface area contributed by atoms with Gasteiger partial charge in [0.1, 0.15) is 0 Å². The third-order valence-electron chi connectivity index (χ3n) is 0.258. The second-order valence-corrected chi connectivity index (χ2v) is 1.69. The minimum atomic E-state index is -1.13. The van der Waals surface area contributed by atoms with Crippen molar-refractivity contribution in [1.29, 1.82) is 0 Å². The Bertz CT molecular complexity index is 105. The van der Waals surface area contributed by atoms with Crippen molar-refractivity contribution < 1.29 is 19.8 Å². The molecule has 0 spiro atoms. The van der Waals surface area contributed by atoms with Crippen molar-refractivity contribution in [1.82, 2.24) is 0 Å². The number of hydrogen-bond donors (Lipinski definition) is 2. The molecule has 0 saturated carbocycles. The standard InChI is InChI=1S/2C2H4O2S.Sn/c2*3-2(4)1-5;/h2*5H,1H2,(H,3,4);/q;;+2/p-2. The van der Waals surface area contributed by atoms with Crippen molar-refractivity contribution in [3.63, 3.8) is 0 Å². The number of thiol groups is 2. The van der Waals surface area contributed by atoms with E-state index < -0.39 is 11.9 Å². The average Bonchev–Trinajstić information content (AvgIpc) is 1.89. The Balaban J connectivity index is -0.000000107. The summed E-state index contributed by atoms with van der Waals surface area (Å²) in [5.74, 6) is -2.65. The summed E-state index contributed by atoms with van der Waals surface area (Å²) in [5.41, 5.74) is 0. The molecule has 0 heterocycles. The van der Waals surface area contributed by atoms with Crippen LogP contribution in [0.5, 0.6) is 0 Å². The Morgan fingerprint density at radius 2 is 1.09 bits per heavy atom. The zero-order valence-corrected chi connectivity index (χ0v) is 10.1. The van der Waals surface area contributed by atoms with Gasteiger partial charge < -0.3 is 19.8 Å². The van der Waals surface area contributed by atoms with Gasteiger partial charge in [0, 0.05) is 11.5 Å². The van der Waals surface area contributed by atoms with E-state index in [1.807, 2.05) is 0 Å². The Morgan fingerprint density at radius 1 is 1.00 bits per heavy atom. The van der Waals surface area contributed by atoms with Crippen LogP contribution in [0.15, 0.2) is 0 Å². The minimum absolute atomic E-state index is 0. The van der Waals surface area contributed by atoms with E-state index >= 15 is 0 Å². The van der Waals surface area contributed by atoms with E-state index in [1.165, 1.54) is 0 Å². The monoisotopic (exact) mass is 302 g/mol. The second kappa shape index (κ2) is 13.1. The van der Waals surface area contributed by atoms with Gasteiger partial charge in [0.2, 0.25) is 0 Å². The maximum absolute atomic E-state index is 9.18. The summed E-state index contributed by atoms with van der Waals surface area (Å²) in [7, 11) is 0. The Morgan fingerprint density at radius 3 is 1.09 bits per heavy atom. The normalized spacial score (nSPS) is 6.73. The number of carbonyl (C=O) groups is 2. The Hall–Kier alpha value is 0.439. The number of rotatable bonds is 2. The van der Waals surface area contributed by atoms with E-state index in [2.05, 4.69) is 25.3 Å². The Kier molecular flexibility index (Phi) is 20.8. The van der Waals surface area contributed by atoms with Crippen LogP contribution < -0.4 is 10.2 Å². The molecule has 4 nitrogen and oxygen atoms in total. The number of aliphatic carboxylic acids is 2. The van der Waals surface area contributed by atoms with Gasteiger partial charge in [-0.2, -0.15) is 25.3 Å². The molecule has 11 heavy (non-hydrogen) atoms. The molecule has 7 heteroatoms. The van der Waals surface area contributed by atoms with Crippen LogP contribution in [0, 0.1) is 0 Å². The third kappa shape index (κ3) is 37.7. The van der Waals surface area contributed by atoms with E-state index in [1.54, 1.807) is 0 Å². The summed E-state index contributed by atoms with van der Waals surface area (Å²) in [6, 6.07) is 0. The summed E-state index contributed by atoms with van der Waals surface area (Å²) in [5, 5.41) is 18.4. The molecule has 0 aromatic heterocycles. The SMILES string of the molecule is O=C([O-])CS.O=C([O-])CS.[Sn+2]. The Labute approximate surface area is 92.1 Å². The molecule has 62 valence electrons. The van der Waals surface area contributed by atoms with Gasteiger partial charge in [-0.25, -0.2) is 0 Å². The largest absolute Gasteiger partial charge is 2.00 e. The summed E-state index contributed by atoms with van der Waals surface area (Å²) < 4.78 is 0. The first-order valence-electron chi connectivity index (χ1n) is 2.16. The number of carboxylic acid groups (broad SMARTS) is 2. The molecule has 0 aromatic carbocycles. The zero-order chi connectivity index (χ0) is 8.57. The number of hydrogen-bond acceptors (Lipinski definition) is 6. The summed E-state index contributed by atoms with van der Waals surface area (Å²) in [6.45, 7) is 0. The molecule has 0 rings (SSSR count). The van der Waals surface area contributed by atoms with Crippen LogP contribution in [0.3, 0.4) is 0 Å². The fourth-order valence-electron chi connectivity index (χ4n) is 0. The first-order valence-corrected chi connectivity index (χ1v) is 3.42. The van der Waals surface area contributed by atoms with Crippen molar-refractivity contribution in [3.05, 3.63) is 0 Å². The van der Waals surface area contributed by atoms with Gasteiger partial charge in [0.25, 0.3) is 0 Å². The first-order chi connectivity index (χ1) is 4.54. The molecule has 0 aliphatic heterocycles. The fraction of sp³-hybridized carbons (Fsp3) is 0.500. The quantitative estimate of drug-likeness (QED) is 0.419. The summed E-state index contributed by atoms with van der Waals surface area (Å²) >= 11 is 6.71.